The van der Waals surface area contributed by atoms with Crippen LogP contribution >= 0.6 is 0 Å². The van der Waals surface area contributed by atoms with Gasteiger partial charge < -0.3 is 14.4 Å². The van der Waals surface area contributed by atoms with Crippen LogP contribution in [0.3, 0.4) is 0 Å². The second-order valence-corrected chi connectivity index (χ2v) is 5.39. The molecular formula is C16H18N2O3. The number of aryl methyl sites for hydroxylation is 1. The average molecular weight is 286 g/mol. The number of aromatic carboxylic acids is 1. The third-order valence-electron chi connectivity index (χ3n) is 3.75. The van der Waals surface area contributed by atoms with E-state index in [0.717, 1.165) is 37.1 Å². The molecule has 1 aromatic heterocycles. The number of anilines is 1. The number of rotatable bonds is 3. The molecule has 1 aliphatic rings. The van der Waals surface area contributed by atoms with E-state index in [0.29, 0.717) is 11.8 Å². The molecule has 0 spiro atoms. The quantitative estimate of drug-likeness (QED) is 0.937. The van der Waals surface area contributed by atoms with Gasteiger partial charge in [0.2, 0.25) is 17.5 Å². The van der Waals surface area contributed by atoms with Crippen molar-refractivity contribution >= 4 is 11.9 Å². The normalized spacial score (nSPS) is 15.2. The minimum atomic E-state index is -1.04. The van der Waals surface area contributed by atoms with Crippen LogP contribution in [-0.4, -0.2) is 29.1 Å². The van der Waals surface area contributed by atoms with E-state index in [1.807, 2.05) is 36.1 Å². The van der Waals surface area contributed by atoms with E-state index in [9.17, 15) is 9.90 Å². The van der Waals surface area contributed by atoms with Gasteiger partial charge in [-0.05, 0) is 38.3 Å². The van der Waals surface area contributed by atoms with Crippen molar-refractivity contribution < 1.29 is 14.3 Å². The minimum Gasteiger partial charge on any atom is -0.476 e. The summed E-state index contributed by atoms with van der Waals surface area (Å²) in [7, 11) is 0. The molecule has 1 aromatic carbocycles. The second-order valence-electron chi connectivity index (χ2n) is 5.39. The number of hydrogen-bond acceptors (Lipinski definition) is 4. The lowest BCUT2D eigenvalue weighted by molar-refractivity contribution is 0.0691. The number of carboxylic acid groups (broad SMARTS) is 1. The van der Waals surface area contributed by atoms with Crippen molar-refractivity contribution in [2.75, 3.05) is 18.0 Å². The van der Waals surface area contributed by atoms with Gasteiger partial charge in [-0.15, -0.1) is 0 Å². The number of oxazole rings is 1. The number of aromatic nitrogens is 1. The molecule has 5 heteroatoms. The molecule has 0 bridgehead atoms. The molecule has 0 radical (unpaired) electrons. The van der Waals surface area contributed by atoms with Gasteiger partial charge in [0.1, 0.15) is 0 Å². The highest BCUT2D eigenvalue weighted by molar-refractivity contribution is 5.91. The number of piperidine rings is 1. The van der Waals surface area contributed by atoms with Crippen LogP contribution in [-0.2, 0) is 0 Å². The monoisotopic (exact) mass is 286 g/mol. The lowest BCUT2D eigenvalue weighted by Crippen LogP contribution is -2.30. The summed E-state index contributed by atoms with van der Waals surface area (Å²) in [4.78, 5) is 17.6. The molecule has 21 heavy (non-hydrogen) atoms. The third kappa shape index (κ3) is 2.77. The Hall–Kier alpha value is -2.30. The predicted octanol–water partition coefficient (Wildman–Crippen LogP) is 3.34. The molecule has 2 aromatic rings. The summed E-state index contributed by atoms with van der Waals surface area (Å²) >= 11 is 0. The van der Waals surface area contributed by atoms with Crippen LogP contribution in [0.15, 0.2) is 28.7 Å². The van der Waals surface area contributed by atoms with Crippen molar-refractivity contribution in [1.82, 2.24) is 4.98 Å². The summed E-state index contributed by atoms with van der Waals surface area (Å²) in [5.41, 5.74) is 1.94. The zero-order valence-electron chi connectivity index (χ0n) is 12.0. The number of benzene rings is 1. The van der Waals surface area contributed by atoms with E-state index < -0.39 is 5.97 Å². The first-order valence-electron chi connectivity index (χ1n) is 7.21. The van der Waals surface area contributed by atoms with Gasteiger partial charge in [-0.3, -0.25) is 0 Å². The molecule has 5 nitrogen and oxygen atoms in total. The number of hydrogen-bond donors (Lipinski definition) is 1. The topological polar surface area (TPSA) is 66.6 Å². The Balaban J connectivity index is 1.99. The number of nitrogens with zero attached hydrogens (tertiary/aromatic N) is 2. The van der Waals surface area contributed by atoms with Crippen LogP contribution in [0.5, 0.6) is 0 Å². The Labute approximate surface area is 123 Å². The molecule has 0 amide bonds. The zero-order chi connectivity index (χ0) is 14.8. The number of carbonyl (C=O) groups is 1. The fourth-order valence-electron chi connectivity index (χ4n) is 2.58. The standard InChI is InChI=1S/C16H18N2O3/c1-11-5-7-12(8-6-11)14-17-13(16(19)20)15(21-14)18-9-3-2-4-10-18/h5-8H,2-4,9-10H2,1H3,(H,19,20). The van der Waals surface area contributed by atoms with E-state index in [1.54, 1.807) is 0 Å². The van der Waals surface area contributed by atoms with Crippen molar-refractivity contribution in [3.05, 3.63) is 35.5 Å². The lowest BCUT2D eigenvalue weighted by atomic mass is 10.1. The van der Waals surface area contributed by atoms with Crippen LogP contribution in [0, 0.1) is 6.92 Å². The van der Waals surface area contributed by atoms with Crippen LogP contribution in [0.4, 0.5) is 5.88 Å². The van der Waals surface area contributed by atoms with Gasteiger partial charge in [0.25, 0.3) is 0 Å². The molecule has 0 atom stereocenters. The van der Waals surface area contributed by atoms with Crippen molar-refractivity contribution in [2.45, 2.75) is 26.2 Å². The predicted molar refractivity (Wildman–Crippen MR) is 79.7 cm³/mol. The first-order valence-corrected chi connectivity index (χ1v) is 7.21. The molecule has 0 unspecified atom stereocenters. The van der Waals surface area contributed by atoms with Gasteiger partial charge in [-0.2, -0.15) is 4.98 Å². The minimum absolute atomic E-state index is 0.00692. The summed E-state index contributed by atoms with van der Waals surface area (Å²) in [6.07, 6.45) is 3.29. The van der Waals surface area contributed by atoms with E-state index in [1.165, 1.54) is 6.42 Å². The highest BCUT2D eigenvalue weighted by atomic mass is 16.4. The van der Waals surface area contributed by atoms with Crippen LogP contribution in [0.1, 0.15) is 35.3 Å². The summed E-state index contributed by atoms with van der Waals surface area (Å²) in [5.74, 6) is -0.288. The maximum Gasteiger partial charge on any atom is 0.360 e. The lowest BCUT2D eigenvalue weighted by Gasteiger charge is -2.26. The van der Waals surface area contributed by atoms with Crippen molar-refractivity contribution in [1.29, 1.82) is 0 Å². The number of carboxylic acids is 1. The van der Waals surface area contributed by atoms with Crippen molar-refractivity contribution in [2.24, 2.45) is 0 Å². The van der Waals surface area contributed by atoms with E-state index in [2.05, 4.69) is 4.98 Å². The highest BCUT2D eigenvalue weighted by Crippen LogP contribution is 2.30. The van der Waals surface area contributed by atoms with E-state index in [4.69, 9.17) is 4.42 Å². The molecule has 1 saturated heterocycles. The van der Waals surface area contributed by atoms with Gasteiger partial charge in [0.05, 0.1) is 0 Å². The summed E-state index contributed by atoms with van der Waals surface area (Å²) < 4.78 is 5.78. The SMILES string of the molecule is Cc1ccc(-c2nc(C(=O)O)c(N3CCCCC3)o2)cc1. The Morgan fingerprint density at radius 1 is 1.19 bits per heavy atom. The van der Waals surface area contributed by atoms with Gasteiger partial charge in [0.15, 0.2) is 0 Å². The van der Waals surface area contributed by atoms with E-state index >= 15 is 0 Å². The van der Waals surface area contributed by atoms with E-state index in [-0.39, 0.29) is 5.69 Å². The maximum atomic E-state index is 11.4. The fourth-order valence-corrected chi connectivity index (χ4v) is 2.58. The Morgan fingerprint density at radius 3 is 2.48 bits per heavy atom. The third-order valence-corrected chi connectivity index (χ3v) is 3.75. The Kier molecular flexibility index (Phi) is 3.64. The van der Waals surface area contributed by atoms with Crippen molar-refractivity contribution in [3.63, 3.8) is 0 Å². The first-order chi connectivity index (χ1) is 10.1. The van der Waals surface area contributed by atoms with Crippen molar-refractivity contribution in [3.8, 4) is 11.5 Å². The Morgan fingerprint density at radius 2 is 1.86 bits per heavy atom. The average Bonchev–Trinajstić information content (AvgIpc) is 2.94. The van der Waals surface area contributed by atoms with Gasteiger partial charge in [0, 0.05) is 18.7 Å². The fraction of sp³-hybridized carbons (Fsp3) is 0.375. The molecule has 1 aliphatic heterocycles. The molecule has 110 valence electrons. The molecule has 0 aliphatic carbocycles. The van der Waals surface area contributed by atoms with Gasteiger partial charge in [-0.1, -0.05) is 17.7 Å². The summed E-state index contributed by atoms with van der Waals surface area (Å²) in [5, 5.41) is 9.35. The summed E-state index contributed by atoms with van der Waals surface area (Å²) in [6, 6.07) is 7.71. The molecule has 2 heterocycles. The molecule has 1 N–H and O–H groups in total. The molecule has 3 rings (SSSR count). The van der Waals surface area contributed by atoms with Gasteiger partial charge >= 0.3 is 5.97 Å². The van der Waals surface area contributed by atoms with Crippen LogP contribution in [0.2, 0.25) is 0 Å². The highest BCUT2D eigenvalue weighted by Gasteiger charge is 2.25. The van der Waals surface area contributed by atoms with Crippen LogP contribution < -0.4 is 4.90 Å². The smallest absolute Gasteiger partial charge is 0.360 e. The maximum absolute atomic E-state index is 11.4. The second kappa shape index (κ2) is 5.60. The zero-order valence-corrected chi connectivity index (χ0v) is 12.0. The van der Waals surface area contributed by atoms with Crippen LogP contribution in [0.25, 0.3) is 11.5 Å². The van der Waals surface area contributed by atoms with Gasteiger partial charge in [-0.25, -0.2) is 4.79 Å². The largest absolute Gasteiger partial charge is 0.476 e. The first kappa shape index (κ1) is 13.7. The summed E-state index contributed by atoms with van der Waals surface area (Å²) in [6.45, 7) is 3.65. The molecule has 1 fully saturated rings. The molecular weight excluding hydrogens is 268 g/mol. The molecule has 0 saturated carbocycles. The Bertz CT molecular complexity index is 640.